The maximum atomic E-state index is 5.61. The molecule has 1 N–H and O–H groups in total. The molecule has 2 heterocycles. The van der Waals surface area contributed by atoms with Crippen LogP contribution in [0.1, 0.15) is 29.2 Å². The van der Waals surface area contributed by atoms with Crippen molar-refractivity contribution < 1.29 is 4.74 Å². The van der Waals surface area contributed by atoms with Crippen LogP contribution < -0.4 is 5.32 Å². The Kier molecular flexibility index (Phi) is 5.39. The second-order valence-corrected chi connectivity index (χ2v) is 7.82. The summed E-state index contributed by atoms with van der Waals surface area (Å²) in [7, 11) is 0. The summed E-state index contributed by atoms with van der Waals surface area (Å²) in [5.41, 5.74) is 4.12. The standard InChI is InChI=1S/C19H26N4OS/c1-25-10-7-18-21-19(12-16-13-24-9-8-20-16)23(22-18)17-6-5-14-3-2-4-15(14)11-17/h5-6,11,16,20H,2-4,7-10,12-13H2,1H3/t16-/m1/s1. The fraction of sp³-hybridized carbons (Fsp3) is 0.579. The summed E-state index contributed by atoms with van der Waals surface area (Å²) in [4.78, 5) is 4.85. The highest BCUT2D eigenvalue weighted by Gasteiger charge is 2.20. The van der Waals surface area contributed by atoms with E-state index in [1.165, 1.54) is 30.4 Å². The zero-order chi connectivity index (χ0) is 17.1. The Labute approximate surface area is 153 Å². The van der Waals surface area contributed by atoms with Gasteiger partial charge in [-0.05, 0) is 48.8 Å². The first-order valence-corrected chi connectivity index (χ1v) is 10.6. The van der Waals surface area contributed by atoms with E-state index in [-0.39, 0.29) is 0 Å². The molecule has 1 atom stereocenters. The van der Waals surface area contributed by atoms with Gasteiger partial charge in [-0.15, -0.1) is 0 Å². The number of hydrogen-bond acceptors (Lipinski definition) is 5. The number of morpholine rings is 1. The molecule has 1 saturated heterocycles. The molecule has 1 fully saturated rings. The Bertz CT molecular complexity index is 724. The molecule has 1 aromatic carbocycles. The van der Waals surface area contributed by atoms with Crippen molar-refractivity contribution in [2.75, 3.05) is 31.8 Å². The van der Waals surface area contributed by atoms with E-state index in [2.05, 4.69) is 34.5 Å². The Morgan fingerprint density at radius 2 is 2.24 bits per heavy atom. The van der Waals surface area contributed by atoms with Crippen LogP contribution in [0.3, 0.4) is 0 Å². The molecule has 0 spiro atoms. The summed E-state index contributed by atoms with van der Waals surface area (Å²) in [5.74, 6) is 3.04. The van der Waals surface area contributed by atoms with Crippen molar-refractivity contribution in [3.63, 3.8) is 0 Å². The van der Waals surface area contributed by atoms with E-state index in [1.807, 2.05) is 11.8 Å². The predicted molar refractivity (Wildman–Crippen MR) is 102 cm³/mol. The summed E-state index contributed by atoms with van der Waals surface area (Å²) in [6, 6.07) is 7.10. The molecule has 25 heavy (non-hydrogen) atoms. The summed E-state index contributed by atoms with van der Waals surface area (Å²) in [5, 5.41) is 8.36. The molecule has 0 bridgehead atoms. The number of hydrogen-bond donors (Lipinski definition) is 1. The Hall–Kier alpha value is -1.37. The molecular formula is C19H26N4OS. The molecule has 0 radical (unpaired) electrons. The number of nitrogens with zero attached hydrogens (tertiary/aromatic N) is 3. The highest BCUT2D eigenvalue weighted by molar-refractivity contribution is 7.98. The van der Waals surface area contributed by atoms with Gasteiger partial charge < -0.3 is 10.1 Å². The smallest absolute Gasteiger partial charge is 0.152 e. The number of aromatic nitrogens is 3. The summed E-state index contributed by atoms with van der Waals surface area (Å²) in [6.45, 7) is 2.46. The molecule has 1 aliphatic heterocycles. The first kappa shape index (κ1) is 17.1. The topological polar surface area (TPSA) is 52.0 Å². The molecule has 134 valence electrons. The molecule has 6 heteroatoms. The van der Waals surface area contributed by atoms with Gasteiger partial charge in [0.15, 0.2) is 5.82 Å². The van der Waals surface area contributed by atoms with Crippen LogP contribution in [-0.2, 0) is 30.4 Å². The quantitative estimate of drug-likeness (QED) is 0.858. The minimum atomic E-state index is 0.319. The number of nitrogens with one attached hydrogen (secondary N) is 1. The van der Waals surface area contributed by atoms with Crippen LogP contribution in [0.25, 0.3) is 5.69 Å². The molecule has 2 aliphatic rings. The largest absolute Gasteiger partial charge is 0.379 e. The maximum absolute atomic E-state index is 5.61. The third-order valence-electron chi connectivity index (χ3n) is 5.00. The number of benzene rings is 1. The SMILES string of the molecule is CSCCc1nc(C[C@@H]2COCCN2)n(-c2ccc3c(c2)CCC3)n1. The van der Waals surface area contributed by atoms with Gasteiger partial charge in [0.05, 0.1) is 18.9 Å². The Balaban J connectivity index is 1.62. The number of fused-ring (bicyclic) bond motifs is 1. The van der Waals surface area contributed by atoms with E-state index in [9.17, 15) is 0 Å². The minimum absolute atomic E-state index is 0.319. The van der Waals surface area contributed by atoms with E-state index in [1.54, 1.807) is 0 Å². The van der Waals surface area contributed by atoms with Crippen LogP contribution >= 0.6 is 11.8 Å². The van der Waals surface area contributed by atoms with Gasteiger partial charge in [-0.2, -0.15) is 16.9 Å². The molecule has 1 aliphatic carbocycles. The Morgan fingerprint density at radius 1 is 1.32 bits per heavy atom. The molecule has 0 unspecified atom stereocenters. The molecule has 0 amide bonds. The van der Waals surface area contributed by atoms with Crippen molar-refractivity contribution in [2.45, 2.75) is 38.1 Å². The first-order valence-electron chi connectivity index (χ1n) is 9.20. The van der Waals surface area contributed by atoms with Gasteiger partial charge in [-0.3, -0.25) is 0 Å². The van der Waals surface area contributed by atoms with Crippen molar-refractivity contribution in [2.24, 2.45) is 0 Å². The van der Waals surface area contributed by atoms with Crippen molar-refractivity contribution in [1.82, 2.24) is 20.1 Å². The fourth-order valence-corrected chi connectivity index (χ4v) is 4.08. The lowest BCUT2D eigenvalue weighted by Gasteiger charge is -2.23. The van der Waals surface area contributed by atoms with Crippen LogP contribution in [0.2, 0.25) is 0 Å². The second-order valence-electron chi connectivity index (χ2n) is 6.84. The number of aryl methyl sites for hydroxylation is 3. The third-order valence-corrected chi connectivity index (χ3v) is 5.61. The van der Waals surface area contributed by atoms with Gasteiger partial charge in [0.25, 0.3) is 0 Å². The number of thioether (sulfide) groups is 1. The van der Waals surface area contributed by atoms with Crippen LogP contribution in [0, 0.1) is 0 Å². The summed E-state index contributed by atoms with van der Waals surface area (Å²) >= 11 is 1.84. The lowest BCUT2D eigenvalue weighted by molar-refractivity contribution is 0.0762. The monoisotopic (exact) mass is 358 g/mol. The number of rotatable bonds is 6. The first-order chi connectivity index (χ1) is 12.3. The zero-order valence-corrected chi connectivity index (χ0v) is 15.6. The second kappa shape index (κ2) is 7.89. The highest BCUT2D eigenvalue weighted by atomic mass is 32.2. The lowest BCUT2D eigenvalue weighted by Crippen LogP contribution is -2.43. The predicted octanol–water partition coefficient (Wildman–Crippen LogP) is 2.19. The molecule has 5 nitrogen and oxygen atoms in total. The zero-order valence-electron chi connectivity index (χ0n) is 14.8. The van der Waals surface area contributed by atoms with E-state index in [0.29, 0.717) is 6.04 Å². The van der Waals surface area contributed by atoms with Crippen molar-refractivity contribution in [1.29, 1.82) is 0 Å². The third kappa shape index (κ3) is 3.91. The normalized spacial score (nSPS) is 20.0. The number of ether oxygens (including phenoxy) is 1. The van der Waals surface area contributed by atoms with Gasteiger partial charge in [0.1, 0.15) is 5.82 Å². The van der Waals surface area contributed by atoms with Gasteiger partial charge in [-0.1, -0.05) is 6.07 Å². The van der Waals surface area contributed by atoms with Crippen molar-refractivity contribution >= 4 is 11.8 Å². The molecule has 2 aromatic rings. The highest BCUT2D eigenvalue weighted by Crippen LogP contribution is 2.25. The van der Waals surface area contributed by atoms with Crippen molar-refractivity contribution in [3.8, 4) is 5.69 Å². The van der Waals surface area contributed by atoms with Crippen LogP contribution in [-0.4, -0.2) is 52.6 Å². The van der Waals surface area contributed by atoms with E-state index in [4.69, 9.17) is 14.8 Å². The molecule has 1 aromatic heterocycles. The van der Waals surface area contributed by atoms with Crippen LogP contribution in [0.4, 0.5) is 0 Å². The fourth-order valence-electron chi connectivity index (χ4n) is 3.69. The van der Waals surface area contributed by atoms with E-state index in [0.717, 1.165) is 55.7 Å². The summed E-state index contributed by atoms with van der Waals surface area (Å²) < 4.78 is 7.67. The molecular weight excluding hydrogens is 332 g/mol. The molecule has 0 saturated carbocycles. The average Bonchev–Trinajstić information content (AvgIpc) is 3.27. The van der Waals surface area contributed by atoms with Gasteiger partial charge in [0.2, 0.25) is 0 Å². The van der Waals surface area contributed by atoms with Gasteiger partial charge in [-0.25, -0.2) is 9.67 Å². The van der Waals surface area contributed by atoms with Crippen LogP contribution in [0.15, 0.2) is 18.2 Å². The minimum Gasteiger partial charge on any atom is -0.379 e. The van der Waals surface area contributed by atoms with E-state index < -0.39 is 0 Å². The maximum Gasteiger partial charge on any atom is 0.152 e. The summed E-state index contributed by atoms with van der Waals surface area (Å²) in [6.07, 6.45) is 7.56. The van der Waals surface area contributed by atoms with Crippen LogP contribution in [0.5, 0.6) is 0 Å². The molecule has 4 rings (SSSR count). The average molecular weight is 359 g/mol. The van der Waals surface area contributed by atoms with Gasteiger partial charge in [0, 0.05) is 31.2 Å². The lowest BCUT2D eigenvalue weighted by atomic mass is 10.1. The van der Waals surface area contributed by atoms with Gasteiger partial charge >= 0.3 is 0 Å². The van der Waals surface area contributed by atoms with E-state index >= 15 is 0 Å². The van der Waals surface area contributed by atoms with Crippen molar-refractivity contribution in [3.05, 3.63) is 41.0 Å². The Morgan fingerprint density at radius 3 is 3.08 bits per heavy atom.